The zero-order valence-corrected chi connectivity index (χ0v) is 33.1. The monoisotopic (exact) mass is 763 g/mol. The number of ether oxygens (including phenoxy) is 1. The Balaban J connectivity index is 1.48. The highest BCUT2D eigenvalue weighted by Gasteiger charge is 2.38. The van der Waals surface area contributed by atoms with Gasteiger partial charge in [-0.05, 0) is 73.4 Å². The molecule has 2 atom stereocenters. The van der Waals surface area contributed by atoms with E-state index in [1.54, 1.807) is 36.6 Å². The summed E-state index contributed by atoms with van der Waals surface area (Å²) in [5, 5.41) is 18.1. The van der Waals surface area contributed by atoms with Gasteiger partial charge in [-0.25, -0.2) is 9.59 Å². The fraction of sp³-hybridized carbons (Fsp3) is 0.295. The molecule has 0 saturated heterocycles. The van der Waals surface area contributed by atoms with Crippen LogP contribution in [0.3, 0.4) is 0 Å². The average Bonchev–Trinajstić information content (AvgIpc) is 3.17. The van der Waals surface area contributed by atoms with E-state index in [1.165, 1.54) is 4.90 Å². The summed E-state index contributed by atoms with van der Waals surface area (Å²) in [5.41, 5.74) is 3.87. The van der Waals surface area contributed by atoms with E-state index >= 15 is 0 Å². The summed E-state index contributed by atoms with van der Waals surface area (Å²) in [6.07, 6.45) is 1.75. The highest BCUT2D eigenvalue weighted by Crippen LogP contribution is 2.48. The molecule has 0 spiro atoms. The molecule has 0 heterocycles. The van der Waals surface area contributed by atoms with E-state index in [-0.39, 0.29) is 11.9 Å². The molecule has 2 amide bonds. The van der Waals surface area contributed by atoms with Crippen LogP contribution in [-0.2, 0) is 14.3 Å². The van der Waals surface area contributed by atoms with E-state index in [0.717, 1.165) is 27.8 Å². The van der Waals surface area contributed by atoms with Gasteiger partial charge >= 0.3 is 12.1 Å². The van der Waals surface area contributed by atoms with E-state index in [0.29, 0.717) is 35.4 Å². The molecule has 0 aliphatic rings. The predicted molar refractivity (Wildman–Crippen MR) is 224 cm³/mol. The van der Waals surface area contributed by atoms with E-state index < -0.39 is 28.5 Å². The summed E-state index contributed by atoms with van der Waals surface area (Å²) in [4.78, 5) is 40.5. The Kier molecular flexibility index (Phi) is 13.7. The molecule has 0 saturated carbocycles. The minimum Gasteiger partial charge on any atom is -0.480 e. The van der Waals surface area contributed by atoms with Crippen molar-refractivity contribution in [3.05, 3.63) is 150 Å². The predicted octanol–water partition coefficient (Wildman–Crippen LogP) is 9.15. The molecule has 5 rings (SSSR count). The third-order valence-electron chi connectivity index (χ3n) is 9.12. The number of nitrogens with zero attached hydrogens (tertiary/aromatic N) is 1. The van der Waals surface area contributed by atoms with Crippen molar-refractivity contribution >= 4 is 58.0 Å². The highest BCUT2D eigenvalue weighted by atomic mass is 32.2. The smallest absolute Gasteiger partial charge is 0.407 e. The number of nitrogens with one attached hydrogen (secondary N) is 2. The lowest BCUT2D eigenvalue weighted by molar-refractivity contribution is -0.142. The number of carbonyl (C=O) groups is 3. The number of carbonyl (C=O) groups excluding carboxylic acids is 2. The molecule has 10 heteroatoms. The Bertz CT molecular complexity index is 1910. The normalized spacial score (nSPS) is 12.8. The fourth-order valence-corrected chi connectivity index (χ4v) is 8.57. The summed E-state index contributed by atoms with van der Waals surface area (Å²) >= 11 is 3.29. The van der Waals surface area contributed by atoms with Crippen LogP contribution < -0.4 is 10.6 Å². The van der Waals surface area contributed by atoms with Crippen molar-refractivity contribution in [2.75, 3.05) is 36.7 Å². The number of amides is 2. The molecule has 0 aliphatic heterocycles. The van der Waals surface area contributed by atoms with Crippen molar-refractivity contribution < 1.29 is 24.2 Å². The topological polar surface area (TPSA) is 108 Å². The number of carboxylic acid groups (broad SMARTS) is 1. The summed E-state index contributed by atoms with van der Waals surface area (Å²) in [7, 11) is 1.55. The molecule has 8 nitrogen and oxygen atoms in total. The van der Waals surface area contributed by atoms with Gasteiger partial charge in [-0.3, -0.25) is 4.79 Å². The van der Waals surface area contributed by atoms with Crippen LogP contribution in [0, 0.1) is 0 Å². The molecular formula is C44H49N3O5S2. The molecular weight excluding hydrogens is 715 g/mol. The molecule has 5 aromatic carbocycles. The minimum absolute atomic E-state index is 0.348. The van der Waals surface area contributed by atoms with Gasteiger partial charge in [0, 0.05) is 36.0 Å². The zero-order valence-electron chi connectivity index (χ0n) is 31.5. The van der Waals surface area contributed by atoms with Crippen LogP contribution in [-0.4, -0.2) is 77.0 Å². The maximum Gasteiger partial charge on any atom is 0.407 e. The molecule has 0 bridgehead atoms. The van der Waals surface area contributed by atoms with Crippen LogP contribution in [0.25, 0.3) is 10.8 Å². The van der Waals surface area contributed by atoms with Crippen molar-refractivity contribution in [3.8, 4) is 0 Å². The van der Waals surface area contributed by atoms with E-state index in [4.69, 9.17) is 4.74 Å². The number of alkyl carbamates (subject to hydrolysis) is 1. The molecule has 0 unspecified atom stereocenters. The maximum atomic E-state index is 13.8. The van der Waals surface area contributed by atoms with Gasteiger partial charge < -0.3 is 25.4 Å². The number of carboxylic acids is 1. The lowest BCUT2D eigenvalue weighted by atomic mass is 9.84. The molecule has 3 N–H and O–H groups in total. The molecule has 0 fully saturated rings. The summed E-state index contributed by atoms with van der Waals surface area (Å²) in [5.74, 6) is -0.250. The van der Waals surface area contributed by atoms with Crippen molar-refractivity contribution in [2.24, 2.45) is 0 Å². The first-order valence-corrected chi connectivity index (χ1v) is 20.4. The first-order valence-electron chi connectivity index (χ1n) is 18.0. The lowest BCUT2D eigenvalue weighted by Gasteiger charge is -2.37. The van der Waals surface area contributed by atoms with Gasteiger partial charge in [-0.2, -0.15) is 11.8 Å². The number of fused-ring (bicyclic) bond motifs is 1. The first kappa shape index (κ1) is 40.3. The Labute approximate surface area is 327 Å². The van der Waals surface area contributed by atoms with Crippen molar-refractivity contribution in [2.45, 2.75) is 49.6 Å². The van der Waals surface area contributed by atoms with Crippen LogP contribution in [0.4, 0.5) is 10.5 Å². The molecule has 5 aromatic rings. The van der Waals surface area contributed by atoms with E-state index in [9.17, 15) is 19.5 Å². The zero-order chi connectivity index (χ0) is 38.7. The van der Waals surface area contributed by atoms with Gasteiger partial charge in [-0.15, -0.1) is 11.8 Å². The Morgan fingerprint density at radius 3 is 1.81 bits per heavy atom. The third kappa shape index (κ3) is 9.78. The van der Waals surface area contributed by atoms with Gasteiger partial charge in [0.15, 0.2) is 0 Å². The van der Waals surface area contributed by atoms with Crippen LogP contribution in [0.5, 0.6) is 0 Å². The molecule has 0 aromatic heterocycles. The number of rotatable bonds is 16. The number of aliphatic carboxylic acids is 1. The van der Waals surface area contributed by atoms with Crippen molar-refractivity contribution in [1.29, 1.82) is 0 Å². The van der Waals surface area contributed by atoms with Crippen LogP contribution in [0.2, 0.25) is 0 Å². The summed E-state index contributed by atoms with van der Waals surface area (Å²) in [6.45, 7) is 5.88. The van der Waals surface area contributed by atoms with Crippen molar-refractivity contribution in [3.63, 3.8) is 0 Å². The van der Waals surface area contributed by atoms with Crippen LogP contribution in [0.15, 0.2) is 127 Å². The third-order valence-corrected chi connectivity index (χ3v) is 11.5. The van der Waals surface area contributed by atoms with Gasteiger partial charge in [0.1, 0.15) is 11.6 Å². The van der Waals surface area contributed by atoms with Gasteiger partial charge in [0.25, 0.3) is 5.91 Å². The summed E-state index contributed by atoms with van der Waals surface area (Å²) < 4.78 is 5.13. The number of anilines is 1. The van der Waals surface area contributed by atoms with Crippen LogP contribution in [0.1, 0.15) is 54.2 Å². The molecule has 0 radical (unpaired) electrons. The second-order valence-electron chi connectivity index (χ2n) is 14.1. The van der Waals surface area contributed by atoms with Crippen LogP contribution >= 0.6 is 23.5 Å². The fourth-order valence-electron chi connectivity index (χ4n) is 6.55. The maximum absolute atomic E-state index is 13.8. The second-order valence-corrected chi connectivity index (χ2v) is 16.3. The Morgan fingerprint density at radius 1 is 0.759 bits per heavy atom. The van der Waals surface area contributed by atoms with Crippen molar-refractivity contribution in [1.82, 2.24) is 10.2 Å². The minimum atomic E-state index is -1.03. The quantitative estimate of drug-likeness (QED) is 0.0855. The molecule has 54 heavy (non-hydrogen) atoms. The molecule has 282 valence electrons. The SMILES string of the molecule is CSCC[C@@H](C(=O)O)N(C)C(=O)c1cccc2c(NC[C@H](CSC(c3ccccc3)(c3ccccc3)c3ccccc3)NC(=O)OC(C)(C)C)cccc12. The van der Waals surface area contributed by atoms with Gasteiger partial charge in [0.2, 0.25) is 0 Å². The number of likely N-dealkylation sites (N-methyl/N-ethyl adjacent to an activating group) is 1. The number of thioether (sulfide) groups is 2. The highest BCUT2D eigenvalue weighted by molar-refractivity contribution is 8.00. The average molecular weight is 764 g/mol. The largest absolute Gasteiger partial charge is 0.480 e. The summed E-state index contributed by atoms with van der Waals surface area (Å²) in [6, 6.07) is 41.1. The number of hydrogen-bond acceptors (Lipinski definition) is 7. The standard InChI is InChI=1S/C44H49N3O5S2/c1-43(2,3)52-42(51)46-34(30-54-44(31-17-9-6-10-18-31,32-19-11-7-12-20-32)33-21-13-8-14-22-33)29-45-38-26-16-23-35-36(38)24-15-25-37(35)40(48)47(4)39(41(49)50)27-28-53-5/h6-26,34,39,45H,27-30H2,1-5H3,(H,46,51)(H,49,50)/t34-,39+/m1/s1. The number of benzene rings is 5. The molecule has 0 aliphatic carbocycles. The van der Waals surface area contributed by atoms with E-state index in [1.807, 2.05) is 75.6 Å². The first-order chi connectivity index (χ1) is 25.9. The lowest BCUT2D eigenvalue weighted by Crippen LogP contribution is -2.45. The second kappa shape index (κ2) is 18.4. The van der Waals surface area contributed by atoms with E-state index in [2.05, 4.69) is 83.4 Å². The van der Waals surface area contributed by atoms with Gasteiger partial charge in [-0.1, -0.05) is 115 Å². The Morgan fingerprint density at radius 2 is 1.30 bits per heavy atom. The number of hydrogen-bond donors (Lipinski definition) is 3. The van der Waals surface area contributed by atoms with Gasteiger partial charge in [0.05, 0.1) is 10.8 Å². The Hall–Kier alpha value is -4.93.